The Morgan fingerprint density at radius 3 is 2.40 bits per heavy atom. The van der Waals surface area contributed by atoms with Crippen molar-refractivity contribution in [2.24, 2.45) is 5.41 Å². The highest BCUT2D eigenvalue weighted by atomic mass is 79.9. The van der Waals surface area contributed by atoms with Gasteiger partial charge in [-0.1, -0.05) is 29.8 Å². The fraction of sp³-hybridized carbons (Fsp3) is 0.375. The van der Waals surface area contributed by atoms with Gasteiger partial charge in [0, 0.05) is 22.2 Å². The number of ether oxygens (including phenoxy) is 2. The second-order valence-corrected chi connectivity index (χ2v) is 10.1. The highest BCUT2D eigenvalue weighted by Gasteiger charge is 2.39. The van der Waals surface area contributed by atoms with Crippen LogP contribution in [-0.2, 0) is 4.79 Å². The minimum absolute atomic E-state index is 0.0795. The predicted octanol–water partition coefficient (Wildman–Crippen LogP) is 6.02. The number of carbonyl (C=O) groups is 1. The van der Waals surface area contributed by atoms with Gasteiger partial charge in [-0.2, -0.15) is 0 Å². The molecule has 2 aromatic rings. The molecule has 0 bridgehead atoms. The van der Waals surface area contributed by atoms with Crippen LogP contribution in [0.1, 0.15) is 49.4 Å². The van der Waals surface area contributed by atoms with Gasteiger partial charge in [0.1, 0.15) is 0 Å². The maximum absolute atomic E-state index is 13.4. The molecule has 0 fully saturated rings. The number of halogens is 1. The summed E-state index contributed by atoms with van der Waals surface area (Å²) in [7, 11) is 0. The maximum Gasteiger partial charge on any atom is 0.231 e. The Hall–Kier alpha value is -2.47. The summed E-state index contributed by atoms with van der Waals surface area (Å²) in [6.45, 7) is 8.74. The zero-order chi connectivity index (χ0) is 21.2. The van der Waals surface area contributed by atoms with Crippen LogP contribution in [0.3, 0.4) is 0 Å². The van der Waals surface area contributed by atoms with Crippen LogP contribution >= 0.6 is 15.9 Å². The Bertz CT molecular complexity index is 1120. The third-order valence-electron chi connectivity index (χ3n) is 6.23. The molecule has 2 heterocycles. The smallest absolute Gasteiger partial charge is 0.231 e. The number of ketones is 1. The van der Waals surface area contributed by atoms with E-state index in [2.05, 4.69) is 66.4 Å². The minimum atomic E-state index is -0.289. The molecule has 0 saturated carbocycles. The van der Waals surface area contributed by atoms with Gasteiger partial charge in [-0.25, -0.2) is 0 Å². The second kappa shape index (κ2) is 6.77. The zero-order valence-corrected chi connectivity index (χ0v) is 19.2. The Morgan fingerprint density at radius 1 is 1.00 bits per heavy atom. The molecule has 1 aliphatic carbocycles. The van der Waals surface area contributed by atoms with Crippen molar-refractivity contribution in [1.82, 2.24) is 0 Å². The fourth-order valence-electron chi connectivity index (χ4n) is 4.60. The van der Waals surface area contributed by atoms with Gasteiger partial charge in [-0.15, -0.1) is 0 Å². The lowest BCUT2D eigenvalue weighted by Crippen LogP contribution is -2.31. The monoisotopic (exact) mass is 468 g/mol. The van der Waals surface area contributed by atoms with Crippen LogP contribution < -0.4 is 20.1 Å². The normalized spacial score (nSPS) is 21.4. The van der Waals surface area contributed by atoms with Crippen LogP contribution in [0, 0.1) is 19.3 Å². The molecular weight excluding hydrogens is 444 g/mol. The molecule has 0 aromatic heterocycles. The summed E-state index contributed by atoms with van der Waals surface area (Å²) in [5, 5.41) is 7.28. The van der Waals surface area contributed by atoms with E-state index in [0.717, 1.165) is 44.9 Å². The van der Waals surface area contributed by atoms with Crippen LogP contribution in [-0.4, -0.2) is 12.6 Å². The molecule has 0 saturated heterocycles. The van der Waals surface area contributed by atoms with E-state index < -0.39 is 0 Å². The van der Waals surface area contributed by atoms with Crippen molar-refractivity contribution >= 4 is 33.1 Å². The summed E-state index contributed by atoms with van der Waals surface area (Å²) < 4.78 is 12.0. The van der Waals surface area contributed by atoms with Gasteiger partial charge < -0.3 is 20.1 Å². The first-order valence-corrected chi connectivity index (χ1v) is 11.0. The molecule has 30 heavy (non-hydrogen) atoms. The standard InChI is InChI=1S/C24H25BrN2O3/c1-12-5-16-17(6-13(12)2)27-23(14-7-20-21(8-15(14)25)30-11-29-20)22-18(26-16)9-24(3,4)10-19(22)28/h5-8,23,26-27H,9-11H2,1-4H3/t23-/m1/s1. The number of Topliss-reactive ketones (excluding diaryl/α,β-unsaturated/α-hetero) is 1. The van der Waals surface area contributed by atoms with Gasteiger partial charge in [0.25, 0.3) is 0 Å². The molecule has 3 aliphatic rings. The number of fused-ring (bicyclic) bond motifs is 2. The van der Waals surface area contributed by atoms with Crippen LogP contribution in [0.15, 0.2) is 40.0 Å². The van der Waals surface area contributed by atoms with E-state index in [4.69, 9.17) is 9.47 Å². The summed E-state index contributed by atoms with van der Waals surface area (Å²) in [4.78, 5) is 13.4. The number of allylic oxidation sites excluding steroid dienone is 1. The molecule has 0 radical (unpaired) electrons. The average molecular weight is 469 g/mol. The number of anilines is 2. The SMILES string of the molecule is Cc1cc2c(cc1C)N[C@H](c1cc3c(cc1Br)OCO3)C1=C(CC(C)(C)CC1=O)N2. The Kier molecular flexibility index (Phi) is 4.40. The largest absolute Gasteiger partial charge is 0.454 e. The molecule has 0 unspecified atom stereocenters. The molecule has 2 N–H and O–H groups in total. The van der Waals surface area contributed by atoms with E-state index in [1.54, 1.807) is 0 Å². The number of hydrogen-bond donors (Lipinski definition) is 2. The van der Waals surface area contributed by atoms with Gasteiger partial charge >= 0.3 is 0 Å². The molecule has 0 spiro atoms. The van der Waals surface area contributed by atoms with Crippen molar-refractivity contribution in [3.63, 3.8) is 0 Å². The van der Waals surface area contributed by atoms with Crippen LogP contribution in [0.5, 0.6) is 11.5 Å². The van der Waals surface area contributed by atoms with Crippen molar-refractivity contribution in [1.29, 1.82) is 0 Å². The third-order valence-corrected chi connectivity index (χ3v) is 6.92. The fourth-order valence-corrected chi connectivity index (χ4v) is 5.15. The summed E-state index contributed by atoms with van der Waals surface area (Å²) in [6.07, 6.45) is 1.35. The van der Waals surface area contributed by atoms with Crippen LogP contribution in [0.4, 0.5) is 11.4 Å². The molecule has 156 valence electrons. The Balaban J connectivity index is 1.71. The number of rotatable bonds is 1. The number of aryl methyl sites for hydroxylation is 2. The Morgan fingerprint density at radius 2 is 1.67 bits per heavy atom. The summed E-state index contributed by atoms with van der Waals surface area (Å²) >= 11 is 3.71. The lowest BCUT2D eigenvalue weighted by molar-refractivity contribution is -0.118. The second-order valence-electron chi connectivity index (χ2n) is 9.24. The summed E-state index contributed by atoms with van der Waals surface area (Å²) in [6, 6.07) is 7.93. The molecule has 6 heteroatoms. The first-order valence-electron chi connectivity index (χ1n) is 10.2. The van der Waals surface area contributed by atoms with Crippen LogP contribution in [0.25, 0.3) is 0 Å². The number of hydrogen-bond acceptors (Lipinski definition) is 5. The van der Waals surface area contributed by atoms with Gasteiger partial charge in [0.15, 0.2) is 17.3 Å². The molecule has 5 rings (SSSR count). The molecule has 2 aliphatic heterocycles. The lowest BCUT2D eigenvalue weighted by atomic mass is 9.73. The first kappa shape index (κ1) is 19.5. The van der Waals surface area contributed by atoms with E-state index >= 15 is 0 Å². The van der Waals surface area contributed by atoms with E-state index in [-0.39, 0.29) is 24.0 Å². The molecule has 2 aromatic carbocycles. The summed E-state index contributed by atoms with van der Waals surface area (Å²) in [5.41, 5.74) is 7.12. The Labute approximate surface area is 185 Å². The maximum atomic E-state index is 13.4. The molecule has 1 atom stereocenters. The molecule has 5 nitrogen and oxygen atoms in total. The number of carbonyl (C=O) groups excluding carboxylic acids is 1. The minimum Gasteiger partial charge on any atom is -0.454 e. The van der Waals surface area contributed by atoms with Crippen molar-refractivity contribution in [2.75, 3.05) is 17.4 Å². The van der Waals surface area contributed by atoms with E-state index in [0.29, 0.717) is 12.2 Å². The van der Waals surface area contributed by atoms with Crippen molar-refractivity contribution < 1.29 is 14.3 Å². The number of benzene rings is 2. The lowest BCUT2D eigenvalue weighted by Gasteiger charge is -2.34. The third kappa shape index (κ3) is 3.18. The zero-order valence-electron chi connectivity index (χ0n) is 17.6. The van der Waals surface area contributed by atoms with Gasteiger partial charge in [0.2, 0.25) is 6.79 Å². The highest BCUT2D eigenvalue weighted by Crippen LogP contribution is 2.48. The van der Waals surface area contributed by atoms with Gasteiger partial charge in [-0.05, 0) is 66.6 Å². The predicted molar refractivity (Wildman–Crippen MR) is 121 cm³/mol. The van der Waals surface area contributed by atoms with E-state index in [1.165, 1.54) is 11.1 Å². The van der Waals surface area contributed by atoms with Crippen molar-refractivity contribution in [2.45, 2.75) is 46.6 Å². The highest BCUT2D eigenvalue weighted by molar-refractivity contribution is 9.10. The topological polar surface area (TPSA) is 59.6 Å². The van der Waals surface area contributed by atoms with E-state index in [9.17, 15) is 4.79 Å². The molecule has 0 amide bonds. The molecular formula is C24H25BrN2O3. The summed E-state index contributed by atoms with van der Waals surface area (Å²) in [5.74, 6) is 1.60. The quantitative estimate of drug-likeness (QED) is 0.535. The average Bonchev–Trinajstić information content (AvgIpc) is 3.03. The van der Waals surface area contributed by atoms with Crippen molar-refractivity contribution in [3.05, 3.63) is 56.7 Å². The van der Waals surface area contributed by atoms with E-state index in [1.807, 2.05) is 12.1 Å². The van der Waals surface area contributed by atoms with Crippen LogP contribution in [0.2, 0.25) is 0 Å². The number of nitrogens with one attached hydrogen (secondary N) is 2. The van der Waals surface area contributed by atoms with Gasteiger partial charge in [-0.3, -0.25) is 4.79 Å². The van der Waals surface area contributed by atoms with Crippen molar-refractivity contribution in [3.8, 4) is 11.5 Å². The van der Waals surface area contributed by atoms with Gasteiger partial charge in [0.05, 0.1) is 17.4 Å². The first-order chi connectivity index (χ1) is 14.2.